The van der Waals surface area contributed by atoms with Crippen molar-refractivity contribution < 1.29 is 8.78 Å². The van der Waals surface area contributed by atoms with Crippen LogP contribution in [0.3, 0.4) is 0 Å². The summed E-state index contributed by atoms with van der Waals surface area (Å²) in [6, 6.07) is 3.04. The molecule has 0 saturated heterocycles. The Kier molecular flexibility index (Phi) is 6.04. The molecule has 0 unspecified atom stereocenters. The zero-order chi connectivity index (χ0) is 9.14. The van der Waals surface area contributed by atoms with Crippen molar-refractivity contribution in [3.63, 3.8) is 0 Å². The smallest absolute Gasteiger partial charge is 0.240 e. The number of hydrogen-bond acceptors (Lipinski definition) is 2. The van der Waals surface area contributed by atoms with Gasteiger partial charge in [-0.3, -0.25) is 0 Å². The van der Waals surface area contributed by atoms with Gasteiger partial charge in [0.05, 0.1) is 3.79 Å². The summed E-state index contributed by atoms with van der Waals surface area (Å²) in [5, 5.41) is 0. The van der Waals surface area contributed by atoms with Crippen molar-refractivity contribution in [1.29, 1.82) is 0 Å². The zero-order valence-corrected chi connectivity index (χ0v) is 9.76. The third-order valence-electron chi connectivity index (χ3n) is 1.39. The van der Waals surface area contributed by atoms with E-state index >= 15 is 0 Å². The van der Waals surface area contributed by atoms with E-state index < -0.39 is 12.5 Å². The van der Waals surface area contributed by atoms with Gasteiger partial charge < -0.3 is 5.73 Å². The lowest BCUT2D eigenvalue weighted by atomic mass is 10.2. The normalized spacial score (nSPS) is 12.7. The summed E-state index contributed by atoms with van der Waals surface area (Å²) in [7, 11) is 0. The Balaban J connectivity index is 0.00000144. The van der Waals surface area contributed by atoms with Crippen molar-refractivity contribution in [3.05, 3.63) is 20.8 Å². The molecule has 0 amide bonds. The Hall–Kier alpha value is 0.290. The van der Waals surface area contributed by atoms with Crippen LogP contribution in [-0.2, 0) is 0 Å². The number of thiophene rings is 1. The lowest BCUT2D eigenvalue weighted by Crippen LogP contribution is -2.12. The minimum atomic E-state index is -2.33. The van der Waals surface area contributed by atoms with E-state index in [1.807, 2.05) is 6.07 Å². The number of nitrogens with two attached hydrogens (primary N) is 1. The van der Waals surface area contributed by atoms with Gasteiger partial charge in [-0.05, 0) is 28.1 Å². The highest BCUT2D eigenvalue weighted by Crippen LogP contribution is 2.28. The van der Waals surface area contributed by atoms with Gasteiger partial charge in [0.25, 0.3) is 0 Å². The topological polar surface area (TPSA) is 26.0 Å². The van der Waals surface area contributed by atoms with E-state index in [-0.39, 0.29) is 18.8 Å². The lowest BCUT2D eigenvalue weighted by molar-refractivity contribution is 0.129. The fourth-order valence-corrected chi connectivity index (χ4v) is 2.27. The predicted molar refractivity (Wildman–Crippen MR) is 56.8 cm³/mol. The van der Waals surface area contributed by atoms with Crippen molar-refractivity contribution in [2.75, 3.05) is 0 Å². The molecule has 1 aromatic rings. The second kappa shape index (κ2) is 5.90. The van der Waals surface area contributed by atoms with Gasteiger partial charge in [-0.25, -0.2) is 8.78 Å². The maximum Gasteiger partial charge on any atom is 0.240 e. The molecule has 1 nitrogen and oxygen atoms in total. The van der Waals surface area contributed by atoms with Gasteiger partial charge in [0.15, 0.2) is 0 Å². The van der Waals surface area contributed by atoms with E-state index in [4.69, 9.17) is 5.73 Å². The lowest BCUT2D eigenvalue weighted by Gasteiger charge is -2.07. The molecule has 13 heavy (non-hydrogen) atoms. The first-order valence-corrected chi connectivity index (χ1v) is 4.99. The quantitative estimate of drug-likeness (QED) is 0.905. The van der Waals surface area contributed by atoms with Crippen molar-refractivity contribution in [2.45, 2.75) is 18.9 Å². The van der Waals surface area contributed by atoms with E-state index in [0.29, 0.717) is 0 Å². The van der Waals surface area contributed by atoms with Crippen molar-refractivity contribution in [3.8, 4) is 0 Å². The van der Waals surface area contributed by atoms with E-state index in [1.54, 1.807) is 6.07 Å². The van der Waals surface area contributed by atoms with Gasteiger partial charge in [0.2, 0.25) is 6.43 Å². The Morgan fingerprint density at radius 2 is 2.08 bits per heavy atom. The Morgan fingerprint density at radius 3 is 2.46 bits per heavy atom. The summed E-state index contributed by atoms with van der Waals surface area (Å²) < 4.78 is 24.7. The molecular weight excluding hydrogens is 284 g/mol. The Labute approximate surface area is 93.9 Å². The van der Waals surface area contributed by atoms with E-state index in [2.05, 4.69) is 15.9 Å². The second-order valence-electron chi connectivity index (χ2n) is 2.38. The predicted octanol–water partition coefficient (Wildman–Crippen LogP) is 3.59. The molecule has 0 aliphatic heterocycles. The van der Waals surface area contributed by atoms with Gasteiger partial charge in [-0.1, -0.05) is 0 Å². The molecule has 0 radical (unpaired) electrons. The van der Waals surface area contributed by atoms with Gasteiger partial charge in [0.1, 0.15) is 0 Å². The third-order valence-corrected chi connectivity index (χ3v) is 3.15. The summed E-state index contributed by atoms with van der Waals surface area (Å²) in [5.74, 6) is 0. The maximum atomic E-state index is 11.9. The first kappa shape index (κ1) is 13.3. The molecule has 1 rings (SSSR count). The van der Waals surface area contributed by atoms with Crippen LogP contribution in [0.15, 0.2) is 15.9 Å². The Bertz CT molecular complexity index is 256. The van der Waals surface area contributed by atoms with Crippen LogP contribution >= 0.6 is 39.7 Å². The monoisotopic (exact) mass is 291 g/mol. The first-order chi connectivity index (χ1) is 5.59. The fraction of sp³-hybridized carbons (Fsp3) is 0.429. The number of hydrogen-bond donors (Lipinski definition) is 1. The molecular formula is C7H9BrClF2NS. The number of alkyl halides is 2. The molecule has 2 N–H and O–H groups in total. The van der Waals surface area contributed by atoms with E-state index in [9.17, 15) is 8.78 Å². The SMILES string of the molecule is Cl.N[C@H](CC(F)F)c1ccc(Br)s1. The summed E-state index contributed by atoms with van der Waals surface area (Å²) in [4.78, 5) is 0.794. The standard InChI is InChI=1S/C7H8BrF2NS.ClH/c8-6-2-1-5(12-6)4(11)3-7(9)10;/h1-2,4,7H,3,11H2;1H/t4-;/m1./s1. The van der Waals surface area contributed by atoms with Crippen molar-refractivity contribution >= 4 is 39.7 Å². The van der Waals surface area contributed by atoms with Crippen LogP contribution in [0.4, 0.5) is 8.78 Å². The van der Waals surface area contributed by atoms with Crippen LogP contribution in [0, 0.1) is 0 Å². The molecule has 0 fully saturated rings. The molecule has 1 heterocycles. The van der Waals surface area contributed by atoms with Crippen molar-refractivity contribution in [1.82, 2.24) is 0 Å². The highest BCUT2D eigenvalue weighted by Gasteiger charge is 2.14. The molecule has 0 saturated carbocycles. The van der Waals surface area contributed by atoms with Crippen molar-refractivity contribution in [2.24, 2.45) is 5.73 Å². The zero-order valence-electron chi connectivity index (χ0n) is 6.54. The molecule has 76 valence electrons. The molecule has 0 bridgehead atoms. The minimum absolute atomic E-state index is 0. The van der Waals surface area contributed by atoms with E-state index in [1.165, 1.54) is 11.3 Å². The number of rotatable bonds is 3. The molecule has 0 spiro atoms. The molecule has 6 heteroatoms. The van der Waals surface area contributed by atoms with E-state index in [0.717, 1.165) is 8.66 Å². The maximum absolute atomic E-state index is 11.9. The second-order valence-corrected chi connectivity index (χ2v) is 4.87. The summed E-state index contributed by atoms with van der Waals surface area (Å²) in [6.07, 6.45) is -2.60. The highest BCUT2D eigenvalue weighted by molar-refractivity contribution is 9.11. The van der Waals surface area contributed by atoms with Crippen LogP contribution in [0.2, 0.25) is 0 Å². The van der Waals surface area contributed by atoms with Crippen LogP contribution in [0.5, 0.6) is 0 Å². The fourth-order valence-electron chi connectivity index (χ4n) is 0.836. The van der Waals surface area contributed by atoms with Crippen LogP contribution in [0.1, 0.15) is 17.3 Å². The first-order valence-electron chi connectivity index (χ1n) is 3.38. The van der Waals surface area contributed by atoms with Gasteiger partial charge >= 0.3 is 0 Å². The van der Waals surface area contributed by atoms with Crippen LogP contribution in [0.25, 0.3) is 0 Å². The van der Waals surface area contributed by atoms with Crippen LogP contribution < -0.4 is 5.73 Å². The average Bonchev–Trinajstić information content (AvgIpc) is 2.34. The highest BCUT2D eigenvalue weighted by atomic mass is 79.9. The summed E-state index contributed by atoms with van der Waals surface area (Å²) in [6.45, 7) is 0. The molecule has 1 atom stereocenters. The Morgan fingerprint density at radius 1 is 1.46 bits per heavy atom. The number of halogens is 4. The van der Waals surface area contributed by atoms with Gasteiger partial charge in [-0.15, -0.1) is 23.7 Å². The molecule has 1 aromatic heterocycles. The third kappa shape index (κ3) is 4.35. The summed E-state index contributed by atoms with van der Waals surface area (Å²) >= 11 is 4.64. The average molecular weight is 293 g/mol. The minimum Gasteiger partial charge on any atom is -0.323 e. The van der Waals surface area contributed by atoms with Gasteiger partial charge in [-0.2, -0.15) is 0 Å². The van der Waals surface area contributed by atoms with Crippen LogP contribution in [-0.4, -0.2) is 6.43 Å². The molecule has 0 aliphatic carbocycles. The molecule has 0 aromatic carbocycles. The molecule has 0 aliphatic rings. The summed E-state index contributed by atoms with van der Waals surface area (Å²) in [5.41, 5.74) is 5.52. The largest absolute Gasteiger partial charge is 0.323 e. The van der Waals surface area contributed by atoms with Gasteiger partial charge in [0, 0.05) is 17.3 Å².